The lowest BCUT2D eigenvalue weighted by Gasteiger charge is -2.43. The Morgan fingerprint density at radius 2 is 1.77 bits per heavy atom. The van der Waals surface area contributed by atoms with Gasteiger partial charge in [0.1, 0.15) is 12.1 Å². The number of urea groups is 1. The molecule has 1 saturated carbocycles. The van der Waals surface area contributed by atoms with Crippen molar-refractivity contribution in [2.45, 2.75) is 64.8 Å². The highest BCUT2D eigenvalue weighted by atomic mass is 16.5. The van der Waals surface area contributed by atoms with Crippen LogP contribution < -0.4 is 5.32 Å². The highest BCUT2D eigenvalue weighted by Crippen LogP contribution is 2.46. The molecule has 2 saturated heterocycles. The molecular formula is C27H37N3O5. The average Bonchev–Trinajstić information content (AvgIpc) is 3.00. The number of hydrogen-bond acceptors (Lipinski definition) is 5. The Balaban J connectivity index is 1.23. The fourth-order valence-corrected chi connectivity index (χ4v) is 6.39. The monoisotopic (exact) mass is 483 g/mol. The van der Waals surface area contributed by atoms with Crippen molar-refractivity contribution in [3.63, 3.8) is 0 Å². The van der Waals surface area contributed by atoms with E-state index in [4.69, 9.17) is 4.74 Å². The third-order valence-corrected chi connectivity index (χ3v) is 7.60. The summed E-state index contributed by atoms with van der Waals surface area (Å²) in [5.41, 5.74) is 0.260. The summed E-state index contributed by atoms with van der Waals surface area (Å²) in [5.74, 6) is -0.548. The van der Waals surface area contributed by atoms with Gasteiger partial charge in [0, 0.05) is 13.1 Å². The molecule has 2 aliphatic heterocycles. The average molecular weight is 484 g/mol. The van der Waals surface area contributed by atoms with Crippen molar-refractivity contribution < 1.29 is 23.9 Å². The summed E-state index contributed by atoms with van der Waals surface area (Å²) in [6, 6.07) is 9.77. The Labute approximate surface area is 207 Å². The molecule has 0 unspecified atom stereocenters. The molecule has 2 atom stereocenters. The molecule has 1 N–H and O–H groups in total. The lowest BCUT2D eigenvalue weighted by molar-refractivity contribution is -0.154. The van der Waals surface area contributed by atoms with Gasteiger partial charge in [0.2, 0.25) is 0 Å². The summed E-state index contributed by atoms with van der Waals surface area (Å²) < 4.78 is 5.17. The first kappa shape index (κ1) is 25.2. The van der Waals surface area contributed by atoms with Gasteiger partial charge in [0.05, 0.1) is 0 Å². The fourth-order valence-electron chi connectivity index (χ4n) is 6.39. The van der Waals surface area contributed by atoms with E-state index >= 15 is 0 Å². The van der Waals surface area contributed by atoms with Crippen LogP contribution in [0.5, 0.6) is 0 Å². The summed E-state index contributed by atoms with van der Waals surface area (Å²) in [6.07, 6.45) is 4.90. The van der Waals surface area contributed by atoms with Crippen LogP contribution in [0.25, 0.3) is 0 Å². The maximum atomic E-state index is 13.2. The standard InChI is InChI=1S/C27H37N3O5/c1-19-14-26(2,3)18-27(15-19)24(33)30(25(34)28-27)16-23(32)35-17-22(31)29-11-9-21(10-12-29)13-20-7-5-4-6-8-20/h4-8,19,21H,9-18H2,1-3H3,(H,28,34)/t19-,27+/m0/s1. The smallest absolute Gasteiger partial charge is 0.326 e. The quantitative estimate of drug-likeness (QED) is 0.495. The first-order chi connectivity index (χ1) is 16.6. The van der Waals surface area contributed by atoms with Gasteiger partial charge in [-0.2, -0.15) is 0 Å². The minimum absolute atomic E-state index is 0.0852. The van der Waals surface area contributed by atoms with Gasteiger partial charge in [0.15, 0.2) is 6.61 Å². The highest BCUT2D eigenvalue weighted by molar-refractivity contribution is 6.08. The molecular weight excluding hydrogens is 446 g/mol. The summed E-state index contributed by atoms with van der Waals surface area (Å²) in [7, 11) is 0. The van der Waals surface area contributed by atoms with Gasteiger partial charge in [-0.15, -0.1) is 0 Å². The Morgan fingerprint density at radius 1 is 1.09 bits per heavy atom. The number of nitrogens with zero attached hydrogens (tertiary/aromatic N) is 2. The fraction of sp³-hybridized carbons (Fsp3) is 0.630. The van der Waals surface area contributed by atoms with Crippen LogP contribution in [-0.4, -0.2) is 65.4 Å². The van der Waals surface area contributed by atoms with E-state index in [2.05, 4.69) is 38.2 Å². The summed E-state index contributed by atoms with van der Waals surface area (Å²) in [5, 5.41) is 2.85. The van der Waals surface area contributed by atoms with Crippen LogP contribution in [0, 0.1) is 17.3 Å². The maximum Gasteiger partial charge on any atom is 0.326 e. The van der Waals surface area contributed by atoms with Crippen molar-refractivity contribution >= 4 is 23.8 Å². The van der Waals surface area contributed by atoms with E-state index in [1.807, 2.05) is 18.2 Å². The van der Waals surface area contributed by atoms with Crippen molar-refractivity contribution in [1.82, 2.24) is 15.1 Å². The zero-order valence-electron chi connectivity index (χ0n) is 21.0. The molecule has 2 heterocycles. The van der Waals surface area contributed by atoms with Gasteiger partial charge in [0.25, 0.3) is 11.8 Å². The van der Waals surface area contributed by atoms with Gasteiger partial charge in [-0.3, -0.25) is 19.3 Å². The van der Waals surface area contributed by atoms with Crippen molar-refractivity contribution in [3.05, 3.63) is 35.9 Å². The van der Waals surface area contributed by atoms with Crippen LogP contribution in [-0.2, 0) is 25.5 Å². The predicted molar refractivity (Wildman–Crippen MR) is 130 cm³/mol. The number of benzene rings is 1. The second-order valence-electron chi connectivity index (χ2n) is 11.4. The Morgan fingerprint density at radius 3 is 2.43 bits per heavy atom. The highest BCUT2D eigenvalue weighted by Gasteiger charge is 2.56. The number of hydrogen-bond donors (Lipinski definition) is 1. The van der Waals surface area contributed by atoms with Crippen LogP contribution in [0.2, 0.25) is 0 Å². The first-order valence-electron chi connectivity index (χ1n) is 12.7. The molecule has 8 nitrogen and oxygen atoms in total. The van der Waals surface area contributed by atoms with Crippen LogP contribution in [0.1, 0.15) is 58.4 Å². The number of esters is 1. The molecule has 8 heteroatoms. The number of imide groups is 1. The normalized spacial score (nSPS) is 26.7. The van der Waals surface area contributed by atoms with E-state index in [0.717, 1.165) is 30.6 Å². The number of rotatable bonds is 6. The molecule has 1 spiro atoms. The van der Waals surface area contributed by atoms with Crippen LogP contribution in [0.15, 0.2) is 30.3 Å². The number of piperidine rings is 1. The van der Waals surface area contributed by atoms with Gasteiger partial charge >= 0.3 is 12.0 Å². The van der Waals surface area contributed by atoms with Crippen LogP contribution >= 0.6 is 0 Å². The third-order valence-electron chi connectivity index (χ3n) is 7.60. The molecule has 3 aliphatic rings. The predicted octanol–water partition coefficient (Wildman–Crippen LogP) is 3.15. The number of nitrogens with one attached hydrogen (secondary N) is 1. The van der Waals surface area contributed by atoms with Gasteiger partial charge in [-0.25, -0.2) is 4.79 Å². The van der Waals surface area contributed by atoms with Crippen molar-refractivity contribution in [2.75, 3.05) is 26.2 Å². The van der Waals surface area contributed by atoms with E-state index < -0.39 is 24.1 Å². The Bertz CT molecular complexity index is 970. The number of carbonyl (C=O) groups excluding carboxylic acids is 4. The lowest BCUT2D eigenvalue weighted by Crippen LogP contribution is -2.54. The summed E-state index contributed by atoms with van der Waals surface area (Å²) in [4.78, 5) is 53.4. The number of carbonyl (C=O) groups is 4. The largest absolute Gasteiger partial charge is 0.454 e. The third kappa shape index (κ3) is 5.85. The molecule has 1 aromatic rings. The molecule has 0 radical (unpaired) electrons. The minimum Gasteiger partial charge on any atom is -0.454 e. The molecule has 4 amide bonds. The van der Waals surface area contributed by atoms with Crippen LogP contribution in [0.3, 0.4) is 0 Å². The zero-order valence-corrected chi connectivity index (χ0v) is 21.0. The van der Waals surface area contributed by atoms with Gasteiger partial charge in [-0.1, -0.05) is 51.1 Å². The van der Waals surface area contributed by atoms with Gasteiger partial charge < -0.3 is 15.0 Å². The number of ether oxygens (including phenoxy) is 1. The molecule has 1 aromatic carbocycles. The molecule has 190 valence electrons. The maximum absolute atomic E-state index is 13.2. The van der Waals surface area contributed by atoms with E-state index in [1.54, 1.807) is 4.90 Å². The van der Waals surface area contributed by atoms with E-state index in [1.165, 1.54) is 5.56 Å². The molecule has 1 aliphatic carbocycles. The SMILES string of the molecule is C[C@H]1CC(C)(C)C[C@@]2(C1)NC(=O)N(CC(=O)OCC(=O)N1CCC(Cc3ccccc3)CC1)C2=O. The van der Waals surface area contributed by atoms with E-state index in [0.29, 0.717) is 31.8 Å². The second kappa shape index (κ2) is 9.99. The molecule has 0 aromatic heterocycles. The van der Waals surface area contributed by atoms with E-state index in [9.17, 15) is 19.2 Å². The van der Waals surface area contributed by atoms with Crippen molar-refractivity contribution in [1.29, 1.82) is 0 Å². The number of likely N-dealkylation sites (tertiary alicyclic amines) is 1. The van der Waals surface area contributed by atoms with Crippen molar-refractivity contribution in [2.24, 2.45) is 17.3 Å². The van der Waals surface area contributed by atoms with Crippen molar-refractivity contribution in [3.8, 4) is 0 Å². The van der Waals surface area contributed by atoms with Crippen LogP contribution in [0.4, 0.5) is 4.79 Å². The summed E-state index contributed by atoms with van der Waals surface area (Å²) >= 11 is 0. The molecule has 35 heavy (non-hydrogen) atoms. The second-order valence-corrected chi connectivity index (χ2v) is 11.4. The van der Waals surface area contributed by atoms with Gasteiger partial charge in [-0.05, 0) is 61.3 Å². The number of amides is 4. The first-order valence-corrected chi connectivity index (χ1v) is 12.7. The zero-order chi connectivity index (χ0) is 25.2. The minimum atomic E-state index is -0.960. The topological polar surface area (TPSA) is 96.0 Å². The molecule has 4 rings (SSSR count). The Hall–Kier alpha value is -2.90. The van der Waals surface area contributed by atoms with E-state index in [-0.39, 0.29) is 29.8 Å². The molecule has 3 fully saturated rings. The Kier molecular flexibility index (Phi) is 7.20. The molecule has 0 bridgehead atoms. The summed E-state index contributed by atoms with van der Waals surface area (Å²) in [6.45, 7) is 6.69. The lowest BCUT2D eigenvalue weighted by atomic mass is 9.64.